The average Bonchev–Trinajstić information content (AvgIpc) is 3.70. The Bertz CT molecular complexity index is 2130. The van der Waals surface area contributed by atoms with Crippen LogP contribution >= 0.6 is 0 Å². The van der Waals surface area contributed by atoms with E-state index in [1.807, 2.05) is 64.1 Å². The van der Waals surface area contributed by atoms with Gasteiger partial charge in [-0.15, -0.1) is 0 Å². The summed E-state index contributed by atoms with van der Waals surface area (Å²) in [5.74, 6) is 1.69. The van der Waals surface area contributed by atoms with Crippen molar-refractivity contribution >= 4 is 22.8 Å². The third-order valence-corrected chi connectivity index (χ3v) is 9.49. The highest BCUT2D eigenvalue weighted by Crippen LogP contribution is 2.53. The van der Waals surface area contributed by atoms with Crippen LogP contribution < -0.4 is 15.6 Å². The van der Waals surface area contributed by atoms with Gasteiger partial charge in [0, 0.05) is 36.9 Å². The third kappa shape index (κ3) is 6.77. The minimum Gasteiger partial charge on any atom is -0.457 e. The SMILES string of the molecule is COCCO[C@@H]1[C@H](O)[C@@H](COC2(c3ccc([N+](=O)[O-])cc3)c3cc(C)ccc3Oc3ccc(C)cc32)O[C@H]1n1cnc2c(=O)[nH]c(NCC(C)C)nc21. The van der Waals surface area contributed by atoms with Crippen LogP contribution in [-0.2, 0) is 24.5 Å². The van der Waals surface area contributed by atoms with Crippen molar-refractivity contribution in [3.8, 4) is 11.5 Å². The number of methoxy groups -OCH3 is 1. The Kier molecular flexibility index (Phi) is 10.0. The molecule has 0 bridgehead atoms. The van der Waals surface area contributed by atoms with Crippen molar-refractivity contribution in [3.05, 3.63) is 115 Å². The average molecular weight is 727 g/mol. The van der Waals surface area contributed by atoms with Crippen LogP contribution in [0.15, 0.2) is 71.8 Å². The summed E-state index contributed by atoms with van der Waals surface area (Å²) in [6.07, 6.45) is -2.61. The second-order valence-corrected chi connectivity index (χ2v) is 13.8. The van der Waals surface area contributed by atoms with Crippen LogP contribution in [0.25, 0.3) is 11.2 Å². The number of aromatic amines is 1. The topological polar surface area (TPSA) is 185 Å². The zero-order valence-corrected chi connectivity index (χ0v) is 30.1. The predicted octanol–water partition coefficient (Wildman–Crippen LogP) is 5.12. The first kappa shape index (κ1) is 36.2. The number of anilines is 1. The molecule has 0 aliphatic carbocycles. The zero-order valence-electron chi connectivity index (χ0n) is 30.1. The van der Waals surface area contributed by atoms with E-state index >= 15 is 0 Å². The van der Waals surface area contributed by atoms with E-state index in [0.29, 0.717) is 40.7 Å². The Morgan fingerprint density at radius 2 is 1.74 bits per heavy atom. The molecule has 0 amide bonds. The minimum absolute atomic E-state index is 0.0686. The van der Waals surface area contributed by atoms with Gasteiger partial charge in [-0.3, -0.25) is 24.5 Å². The number of aryl methyl sites for hydroxylation is 2. The van der Waals surface area contributed by atoms with Crippen LogP contribution in [0.5, 0.6) is 11.5 Å². The fraction of sp³-hybridized carbons (Fsp3) is 0.395. The lowest BCUT2D eigenvalue weighted by Crippen LogP contribution is -2.41. The molecular weight excluding hydrogens is 684 g/mol. The number of rotatable bonds is 13. The van der Waals surface area contributed by atoms with Gasteiger partial charge in [-0.1, -0.05) is 37.1 Å². The highest BCUT2D eigenvalue weighted by molar-refractivity contribution is 5.71. The number of aliphatic hydroxyl groups is 1. The first-order chi connectivity index (χ1) is 25.5. The van der Waals surface area contributed by atoms with E-state index in [0.717, 1.165) is 11.1 Å². The summed E-state index contributed by atoms with van der Waals surface area (Å²) < 4.78 is 33.0. The van der Waals surface area contributed by atoms with Gasteiger partial charge in [0.2, 0.25) is 5.95 Å². The molecule has 2 aromatic heterocycles. The van der Waals surface area contributed by atoms with E-state index in [4.69, 9.17) is 23.7 Å². The lowest BCUT2D eigenvalue weighted by molar-refractivity contribution is -0.384. The molecule has 0 spiro atoms. The summed E-state index contributed by atoms with van der Waals surface area (Å²) in [7, 11) is 1.55. The molecule has 2 aliphatic rings. The number of non-ortho nitro benzene ring substituents is 1. The van der Waals surface area contributed by atoms with E-state index in [2.05, 4.69) is 20.3 Å². The van der Waals surface area contributed by atoms with Gasteiger partial charge in [0.25, 0.3) is 11.2 Å². The number of ether oxygens (including phenoxy) is 5. The van der Waals surface area contributed by atoms with E-state index in [9.17, 15) is 20.0 Å². The number of imidazole rings is 1. The number of nitrogens with zero attached hydrogens (tertiary/aromatic N) is 4. The van der Waals surface area contributed by atoms with Crippen molar-refractivity contribution in [2.24, 2.45) is 5.92 Å². The predicted molar refractivity (Wildman–Crippen MR) is 194 cm³/mol. The van der Waals surface area contributed by atoms with E-state index in [1.54, 1.807) is 23.8 Å². The first-order valence-corrected chi connectivity index (χ1v) is 17.4. The standard InChI is InChI=1S/C38H42N6O9/c1-21(2)18-39-37-41-34-31(35(46)42-37)40-20-43(34)36-33(50-15-14-49-5)32(45)30(53-36)19-51-38(24-8-10-25(11-9-24)44(47)48)26-16-22(3)6-12-28(26)52-29-13-7-23(4)17-27(29)38/h6-13,16-17,20-21,30,32-33,36,45H,14-15,18-19H2,1-5H3,(H2,39,41,42,46)/t30-,32-,33-,36-/m1/s1. The number of nitro groups is 1. The summed E-state index contributed by atoms with van der Waals surface area (Å²) in [4.78, 5) is 36.0. The fourth-order valence-corrected chi connectivity index (χ4v) is 6.88. The molecule has 1 fully saturated rings. The van der Waals surface area contributed by atoms with Gasteiger partial charge in [-0.25, -0.2) is 4.98 Å². The Morgan fingerprint density at radius 1 is 1.06 bits per heavy atom. The maximum Gasteiger partial charge on any atom is 0.280 e. The van der Waals surface area contributed by atoms with Crippen LogP contribution in [0.1, 0.15) is 47.9 Å². The summed E-state index contributed by atoms with van der Waals surface area (Å²) in [6, 6.07) is 17.8. The van der Waals surface area contributed by atoms with Crippen molar-refractivity contribution in [1.29, 1.82) is 0 Å². The number of nitro benzene ring substituents is 1. The molecule has 0 radical (unpaired) electrons. The number of benzene rings is 3. The number of aliphatic hydroxyl groups excluding tert-OH is 1. The molecular formula is C38H42N6O9. The molecule has 2 aliphatic heterocycles. The molecule has 0 unspecified atom stereocenters. The Hall–Kier alpha value is -5.19. The summed E-state index contributed by atoms with van der Waals surface area (Å²) in [6.45, 7) is 8.84. The van der Waals surface area contributed by atoms with Crippen LogP contribution in [0.3, 0.4) is 0 Å². The maximum atomic E-state index is 13.0. The summed E-state index contributed by atoms with van der Waals surface area (Å²) in [5, 5.41) is 26.7. The van der Waals surface area contributed by atoms with E-state index in [1.165, 1.54) is 18.5 Å². The van der Waals surface area contributed by atoms with Gasteiger partial charge < -0.3 is 34.1 Å². The minimum atomic E-state index is -1.34. The van der Waals surface area contributed by atoms with Gasteiger partial charge in [-0.2, -0.15) is 4.98 Å². The Balaban J connectivity index is 1.30. The molecule has 53 heavy (non-hydrogen) atoms. The normalized spacial score (nSPS) is 20.3. The second kappa shape index (κ2) is 14.7. The molecule has 7 rings (SSSR count). The largest absolute Gasteiger partial charge is 0.457 e. The van der Waals surface area contributed by atoms with Gasteiger partial charge in [-0.05, 0) is 61.7 Å². The van der Waals surface area contributed by atoms with Crippen molar-refractivity contribution in [2.45, 2.75) is 57.8 Å². The molecule has 15 heteroatoms. The molecule has 4 heterocycles. The van der Waals surface area contributed by atoms with Gasteiger partial charge in [0.15, 0.2) is 23.0 Å². The van der Waals surface area contributed by atoms with Crippen molar-refractivity contribution in [1.82, 2.24) is 19.5 Å². The smallest absolute Gasteiger partial charge is 0.280 e. The molecule has 1 saturated heterocycles. The number of hydrogen-bond donors (Lipinski definition) is 3. The number of nitrogens with one attached hydrogen (secondary N) is 2. The lowest BCUT2D eigenvalue weighted by Gasteiger charge is -2.41. The zero-order chi connectivity index (χ0) is 37.4. The fourth-order valence-electron chi connectivity index (χ4n) is 6.88. The molecule has 3 N–H and O–H groups in total. The van der Waals surface area contributed by atoms with Crippen molar-refractivity contribution in [2.75, 3.05) is 38.8 Å². The molecule has 5 aromatic rings. The molecule has 15 nitrogen and oxygen atoms in total. The molecule has 0 saturated carbocycles. The quantitative estimate of drug-likeness (QED) is 0.0828. The highest BCUT2D eigenvalue weighted by Gasteiger charge is 2.50. The monoisotopic (exact) mass is 726 g/mol. The van der Waals surface area contributed by atoms with E-state index in [-0.39, 0.29) is 42.6 Å². The summed E-state index contributed by atoms with van der Waals surface area (Å²) in [5.41, 5.74) is 2.40. The summed E-state index contributed by atoms with van der Waals surface area (Å²) >= 11 is 0. The first-order valence-electron chi connectivity index (χ1n) is 17.4. The Morgan fingerprint density at radius 3 is 2.36 bits per heavy atom. The van der Waals surface area contributed by atoms with Gasteiger partial charge >= 0.3 is 0 Å². The third-order valence-electron chi connectivity index (χ3n) is 9.49. The molecule has 3 aromatic carbocycles. The van der Waals surface area contributed by atoms with Crippen LogP contribution in [-0.4, -0.2) is 81.3 Å². The Labute approximate surface area is 305 Å². The van der Waals surface area contributed by atoms with Gasteiger partial charge in [0.05, 0.1) is 31.1 Å². The lowest BCUT2D eigenvalue weighted by atomic mass is 9.76. The van der Waals surface area contributed by atoms with Crippen LogP contribution in [0.4, 0.5) is 11.6 Å². The van der Waals surface area contributed by atoms with Crippen LogP contribution in [0, 0.1) is 29.9 Å². The number of fused-ring (bicyclic) bond motifs is 3. The highest BCUT2D eigenvalue weighted by atomic mass is 16.6. The van der Waals surface area contributed by atoms with E-state index < -0.39 is 40.6 Å². The van der Waals surface area contributed by atoms with Crippen molar-refractivity contribution < 1.29 is 33.7 Å². The number of hydrogen-bond acceptors (Lipinski definition) is 12. The van der Waals surface area contributed by atoms with Crippen molar-refractivity contribution in [3.63, 3.8) is 0 Å². The maximum absolute atomic E-state index is 13.0. The molecule has 278 valence electrons. The van der Waals surface area contributed by atoms with Gasteiger partial charge in [0.1, 0.15) is 29.8 Å². The number of H-pyrrole nitrogens is 1. The second-order valence-electron chi connectivity index (χ2n) is 13.8. The number of aromatic nitrogens is 4. The molecule has 4 atom stereocenters. The van der Waals surface area contributed by atoms with Crippen LogP contribution in [0.2, 0.25) is 0 Å².